The molecule has 0 aliphatic rings. The van der Waals surface area contributed by atoms with Gasteiger partial charge in [-0.15, -0.1) is 0 Å². The molecule has 4 nitrogen and oxygen atoms in total. The third-order valence-corrected chi connectivity index (χ3v) is 4.05. The van der Waals surface area contributed by atoms with Crippen molar-refractivity contribution in [2.45, 2.75) is 18.0 Å². The first-order valence-electron chi connectivity index (χ1n) is 5.81. The third-order valence-electron chi connectivity index (χ3n) is 2.66. The van der Waals surface area contributed by atoms with E-state index in [1.807, 2.05) is 0 Å². The topological polar surface area (TPSA) is 59.1 Å². The van der Waals surface area contributed by atoms with Crippen LogP contribution in [0.15, 0.2) is 47.5 Å². The molecule has 0 saturated heterocycles. The van der Waals surface area contributed by atoms with Crippen LogP contribution in [0, 0.1) is 6.92 Å². The summed E-state index contributed by atoms with van der Waals surface area (Å²) < 4.78 is 63.6. The van der Waals surface area contributed by atoms with Crippen LogP contribution < -0.4 is 4.72 Å². The van der Waals surface area contributed by atoms with Gasteiger partial charge in [0.1, 0.15) is 0 Å². The van der Waals surface area contributed by atoms with Crippen molar-refractivity contribution in [3.63, 3.8) is 0 Å². The molecular weight excluding hydrogens is 305 g/mol. The molecule has 21 heavy (non-hydrogen) atoms. The van der Waals surface area contributed by atoms with E-state index < -0.39 is 21.8 Å². The second-order valence-corrected chi connectivity index (χ2v) is 6.00. The van der Waals surface area contributed by atoms with E-state index in [2.05, 4.69) is 9.71 Å². The molecule has 1 heterocycles. The fourth-order valence-electron chi connectivity index (χ4n) is 1.57. The zero-order valence-electron chi connectivity index (χ0n) is 10.8. The number of alkyl halides is 3. The molecule has 0 aliphatic carbocycles. The zero-order chi connectivity index (χ0) is 15.7. The molecule has 0 fully saturated rings. The summed E-state index contributed by atoms with van der Waals surface area (Å²) in [5.74, 6) is 0. The number of anilines is 1. The number of aryl methyl sites for hydroxylation is 1. The smallest absolute Gasteiger partial charge is 0.278 e. The van der Waals surface area contributed by atoms with E-state index >= 15 is 0 Å². The highest BCUT2D eigenvalue weighted by molar-refractivity contribution is 7.92. The summed E-state index contributed by atoms with van der Waals surface area (Å²) in [5, 5.41) is 0. The van der Waals surface area contributed by atoms with Crippen LogP contribution in [-0.2, 0) is 16.2 Å². The highest BCUT2D eigenvalue weighted by Crippen LogP contribution is 2.29. The lowest BCUT2D eigenvalue weighted by atomic mass is 10.2. The summed E-state index contributed by atoms with van der Waals surface area (Å²) in [6.07, 6.45) is -3.17. The molecule has 0 aliphatic heterocycles. The van der Waals surface area contributed by atoms with Crippen molar-refractivity contribution < 1.29 is 21.6 Å². The Labute approximate surface area is 119 Å². The number of aromatic nitrogens is 1. The SMILES string of the molecule is Cc1ccc(NS(=O)(=O)c2ccc(C(F)(F)F)cc2)cn1. The standard InChI is InChI=1S/C13H11F3N2O2S/c1-9-2-5-11(8-17-9)18-21(19,20)12-6-3-10(4-7-12)13(14,15)16/h2-8,18H,1H3. The highest BCUT2D eigenvalue weighted by atomic mass is 32.2. The molecule has 0 saturated carbocycles. The molecule has 0 unspecified atom stereocenters. The second-order valence-electron chi connectivity index (χ2n) is 4.32. The lowest BCUT2D eigenvalue weighted by Crippen LogP contribution is -2.14. The monoisotopic (exact) mass is 316 g/mol. The molecule has 1 N–H and O–H groups in total. The number of nitrogens with zero attached hydrogens (tertiary/aromatic N) is 1. The van der Waals surface area contributed by atoms with Gasteiger partial charge >= 0.3 is 6.18 Å². The fraction of sp³-hybridized carbons (Fsp3) is 0.154. The van der Waals surface area contributed by atoms with Crippen molar-refractivity contribution in [3.8, 4) is 0 Å². The molecule has 2 aromatic rings. The Morgan fingerprint density at radius 1 is 1.05 bits per heavy atom. The fourth-order valence-corrected chi connectivity index (χ4v) is 2.61. The number of nitrogens with one attached hydrogen (secondary N) is 1. The van der Waals surface area contributed by atoms with E-state index in [0.717, 1.165) is 24.3 Å². The van der Waals surface area contributed by atoms with Crippen LogP contribution in [0.4, 0.5) is 18.9 Å². The average molecular weight is 316 g/mol. The summed E-state index contributed by atoms with van der Waals surface area (Å²) in [6.45, 7) is 1.74. The lowest BCUT2D eigenvalue weighted by molar-refractivity contribution is -0.137. The van der Waals surface area contributed by atoms with Gasteiger partial charge in [-0.05, 0) is 43.3 Å². The van der Waals surface area contributed by atoms with Crippen molar-refractivity contribution in [3.05, 3.63) is 53.9 Å². The van der Waals surface area contributed by atoms with E-state index in [1.54, 1.807) is 13.0 Å². The van der Waals surface area contributed by atoms with Gasteiger partial charge in [-0.1, -0.05) is 0 Å². The van der Waals surface area contributed by atoms with Crippen LogP contribution in [0.2, 0.25) is 0 Å². The van der Waals surface area contributed by atoms with Gasteiger partial charge in [0, 0.05) is 5.69 Å². The molecule has 1 aromatic heterocycles. The minimum Gasteiger partial charge on any atom is -0.278 e. The van der Waals surface area contributed by atoms with E-state index in [-0.39, 0.29) is 10.6 Å². The Morgan fingerprint density at radius 3 is 2.14 bits per heavy atom. The Balaban J connectivity index is 2.25. The van der Waals surface area contributed by atoms with E-state index in [9.17, 15) is 21.6 Å². The molecule has 0 amide bonds. The summed E-state index contributed by atoms with van der Waals surface area (Å²) >= 11 is 0. The minimum atomic E-state index is -4.50. The van der Waals surface area contributed by atoms with Crippen molar-refractivity contribution in [1.29, 1.82) is 0 Å². The average Bonchev–Trinajstić information content (AvgIpc) is 2.40. The van der Waals surface area contributed by atoms with Gasteiger partial charge in [0.15, 0.2) is 0 Å². The first-order chi connectivity index (χ1) is 9.68. The minimum absolute atomic E-state index is 0.237. The number of halogens is 3. The molecule has 0 spiro atoms. The van der Waals surface area contributed by atoms with Crippen LogP contribution >= 0.6 is 0 Å². The number of hydrogen-bond acceptors (Lipinski definition) is 3. The second kappa shape index (κ2) is 5.36. The molecule has 0 bridgehead atoms. The van der Waals surface area contributed by atoms with Gasteiger partial charge < -0.3 is 0 Å². The molecule has 112 valence electrons. The van der Waals surface area contributed by atoms with Crippen LogP contribution in [0.5, 0.6) is 0 Å². The third kappa shape index (κ3) is 3.72. The van der Waals surface area contributed by atoms with Crippen LogP contribution in [-0.4, -0.2) is 13.4 Å². The Morgan fingerprint density at radius 2 is 1.67 bits per heavy atom. The van der Waals surface area contributed by atoms with Crippen molar-refractivity contribution in [2.24, 2.45) is 0 Å². The van der Waals surface area contributed by atoms with Gasteiger partial charge in [0.05, 0.1) is 22.3 Å². The number of pyridine rings is 1. The van der Waals surface area contributed by atoms with E-state index in [1.165, 1.54) is 12.3 Å². The quantitative estimate of drug-likeness (QED) is 0.946. The van der Waals surface area contributed by atoms with Crippen LogP contribution in [0.25, 0.3) is 0 Å². The number of rotatable bonds is 3. The Hall–Kier alpha value is -2.09. The molecule has 1 aromatic carbocycles. The van der Waals surface area contributed by atoms with Crippen LogP contribution in [0.1, 0.15) is 11.3 Å². The number of benzene rings is 1. The number of hydrogen-bond donors (Lipinski definition) is 1. The first-order valence-corrected chi connectivity index (χ1v) is 7.29. The maximum atomic E-state index is 12.4. The van der Waals surface area contributed by atoms with Gasteiger partial charge in [0.2, 0.25) is 0 Å². The zero-order valence-corrected chi connectivity index (χ0v) is 11.7. The van der Waals surface area contributed by atoms with E-state index in [0.29, 0.717) is 5.69 Å². The predicted molar refractivity (Wildman–Crippen MR) is 71.2 cm³/mol. The normalized spacial score (nSPS) is 12.2. The predicted octanol–water partition coefficient (Wildman–Crippen LogP) is 3.21. The Kier molecular flexibility index (Phi) is 3.91. The summed E-state index contributed by atoms with van der Waals surface area (Å²) in [7, 11) is -3.95. The molecule has 2 rings (SSSR count). The summed E-state index contributed by atoms with van der Waals surface area (Å²) in [4.78, 5) is 3.67. The van der Waals surface area contributed by atoms with Crippen molar-refractivity contribution in [1.82, 2.24) is 4.98 Å². The van der Waals surface area contributed by atoms with Crippen molar-refractivity contribution >= 4 is 15.7 Å². The maximum absolute atomic E-state index is 12.4. The molecule has 8 heteroatoms. The Bertz CT molecular complexity index is 724. The van der Waals surface area contributed by atoms with Gasteiger partial charge in [-0.3, -0.25) is 9.71 Å². The molecule has 0 radical (unpaired) electrons. The highest BCUT2D eigenvalue weighted by Gasteiger charge is 2.30. The van der Waals surface area contributed by atoms with Gasteiger partial charge in [0.25, 0.3) is 10.0 Å². The molecular formula is C13H11F3N2O2S. The lowest BCUT2D eigenvalue weighted by Gasteiger charge is -2.10. The van der Waals surface area contributed by atoms with Crippen LogP contribution in [0.3, 0.4) is 0 Å². The first kappa shape index (κ1) is 15.3. The van der Waals surface area contributed by atoms with Gasteiger partial charge in [-0.25, -0.2) is 8.42 Å². The molecule has 0 atom stereocenters. The maximum Gasteiger partial charge on any atom is 0.416 e. The van der Waals surface area contributed by atoms with E-state index in [4.69, 9.17) is 0 Å². The largest absolute Gasteiger partial charge is 0.416 e. The van der Waals surface area contributed by atoms with Gasteiger partial charge in [-0.2, -0.15) is 13.2 Å². The summed E-state index contributed by atoms with van der Waals surface area (Å²) in [6, 6.07) is 6.40. The summed E-state index contributed by atoms with van der Waals surface area (Å²) in [5.41, 5.74) is 0.0476. The number of sulfonamides is 1. The van der Waals surface area contributed by atoms with Crippen molar-refractivity contribution in [2.75, 3.05) is 4.72 Å².